The summed E-state index contributed by atoms with van der Waals surface area (Å²) in [6.07, 6.45) is 1.54. The van der Waals surface area contributed by atoms with Gasteiger partial charge in [0.2, 0.25) is 0 Å². The largest absolute Gasteiger partial charge is 0.377 e. The first-order valence-electron chi connectivity index (χ1n) is 6.35. The first-order chi connectivity index (χ1) is 8.63. The van der Waals surface area contributed by atoms with Crippen LogP contribution in [0.3, 0.4) is 0 Å². The zero-order valence-corrected chi connectivity index (χ0v) is 11.9. The van der Waals surface area contributed by atoms with Gasteiger partial charge in [0.25, 0.3) is 0 Å². The molecule has 0 fully saturated rings. The molecule has 0 radical (unpaired) electrons. The fourth-order valence-corrected chi connectivity index (χ4v) is 2.29. The second-order valence-corrected chi connectivity index (χ2v) is 4.62. The van der Waals surface area contributed by atoms with E-state index in [4.69, 9.17) is 16.3 Å². The van der Waals surface area contributed by atoms with Crippen LogP contribution in [0.1, 0.15) is 25.8 Å². The third kappa shape index (κ3) is 3.94. The molecule has 1 aromatic rings. The lowest BCUT2D eigenvalue weighted by atomic mass is 9.99. The lowest BCUT2D eigenvalue weighted by molar-refractivity contribution is 0.0337. The normalized spacial score (nSPS) is 14.5. The predicted molar refractivity (Wildman–Crippen MR) is 73.7 cm³/mol. The van der Waals surface area contributed by atoms with E-state index in [9.17, 15) is 4.39 Å². The zero-order chi connectivity index (χ0) is 13.5. The van der Waals surface area contributed by atoms with E-state index < -0.39 is 0 Å². The summed E-state index contributed by atoms with van der Waals surface area (Å²) in [5, 5.41) is 3.37. The van der Waals surface area contributed by atoms with Gasteiger partial charge in [0, 0.05) is 12.6 Å². The van der Waals surface area contributed by atoms with Crippen molar-refractivity contribution >= 4 is 11.6 Å². The molecule has 1 N–H and O–H groups in total. The molecule has 0 saturated carbocycles. The maximum atomic E-state index is 13.9. The Bertz CT molecular complexity index is 373. The summed E-state index contributed by atoms with van der Waals surface area (Å²) < 4.78 is 19.5. The van der Waals surface area contributed by atoms with Crippen molar-refractivity contribution < 1.29 is 9.13 Å². The van der Waals surface area contributed by atoms with Gasteiger partial charge in [-0.05, 0) is 38.4 Å². The van der Waals surface area contributed by atoms with Gasteiger partial charge in [-0.2, -0.15) is 0 Å². The van der Waals surface area contributed by atoms with Crippen LogP contribution in [-0.4, -0.2) is 25.8 Å². The Morgan fingerprint density at radius 2 is 2.11 bits per heavy atom. The average Bonchev–Trinajstić information content (AvgIpc) is 2.38. The van der Waals surface area contributed by atoms with Gasteiger partial charge in [0.1, 0.15) is 5.82 Å². The fourth-order valence-electron chi connectivity index (χ4n) is 2.10. The number of hydrogen-bond donors (Lipinski definition) is 1. The van der Waals surface area contributed by atoms with Crippen LogP contribution >= 0.6 is 11.6 Å². The highest BCUT2D eigenvalue weighted by Gasteiger charge is 2.20. The van der Waals surface area contributed by atoms with Crippen LogP contribution in [0.15, 0.2) is 18.2 Å². The van der Waals surface area contributed by atoms with E-state index in [1.165, 1.54) is 0 Å². The number of benzene rings is 1. The van der Waals surface area contributed by atoms with Crippen LogP contribution < -0.4 is 5.32 Å². The fraction of sp³-hybridized carbons (Fsp3) is 0.571. The molecular weight excluding hydrogens is 253 g/mol. The van der Waals surface area contributed by atoms with Gasteiger partial charge < -0.3 is 10.1 Å². The Labute approximate surface area is 113 Å². The summed E-state index contributed by atoms with van der Waals surface area (Å²) in [6.45, 7) is 4.70. The maximum Gasteiger partial charge on any atom is 0.145 e. The summed E-state index contributed by atoms with van der Waals surface area (Å²) in [7, 11) is 1.87. The summed E-state index contributed by atoms with van der Waals surface area (Å²) in [5.41, 5.74) is 0.625. The van der Waals surface area contributed by atoms with E-state index in [1.54, 1.807) is 18.2 Å². The van der Waals surface area contributed by atoms with Crippen molar-refractivity contribution in [2.24, 2.45) is 0 Å². The summed E-state index contributed by atoms with van der Waals surface area (Å²) >= 11 is 5.79. The molecule has 4 heteroatoms. The van der Waals surface area contributed by atoms with Gasteiger partial charge in [-0.25, -0.2) is 4.39 Å². The zero-order valence-electron chi connectivity index (χ0n) is 11.2. The Morgan fingerprint density at radius 1 is 1.39 bits per heavy atom. The Kier molecular flexibility index (Phi) is 6.61. The molecule has 1 aromatic carbocycles. The molecule has 1 rings (SSSR count). The van der Waals surface area contributed by atoms with Gasteiger partial charge in [0.05, 0.1) is 11.1 Å². The molecule has 0 bridgehead atoms. The number of halogens is 2. The number of likely N-dealkylation sites (N-methyl/N-ethyl adjacent to an activating group) is 1. The van der Waals surface area contributed by atoms with E-state index in [0.29, 0.717) is 18.6 Å². The van der Waals surface area contributed by atoms with Crippen molar-refractivity contribution in [1.82, 2.24) is 5.32 Å². The maximum absolute atomic E-state index is 13.9. The third-order valence-electron chi connectivity index (χ3n) is 3.07. The first-order valence-corrected chi connectivity index (χ1v) is 6.73. The minimum Gasteiger partial charge on any atom is -0.377 e. The lowest BCUT2D eigenvalue weighted by Crippen LogP contribution is -2.41. The second-order valence-electron chi connectivity index (χ2n) is 4.21. The molecule has 0 aromatic heterocycles. The number of nitrogens with one attached hydrogen (secondary N) is 1. The number of hydrogen-bond acceptors (Lipinski definition) is 2. The van der Waals surface area contributed by atoms with E-state index >= 15 is 0 Å². The van der Waals surface area contributed by atoms with Gasteiger partial charge in [0.15, 0.2) is 0 Å². The molecular formula is C14H21ClFNO. The third-order valence-corrected chi connectivity index (χ3v) is 3.37. The SMILES string of the molecule is CCOC(CC)C(Cc1cccc(Cl)c1F)NC. The summed E-state index contributed by atoms with van der Waals surface area (Å²) in [5.74, 6) is -0.328. The van der Waals surface area contributed by atoms with Crippen LogP contribution in [0.4, 0.5) is 4.39 Å². The van der Waals surface area contributed by atoms with Crippen LogP contribution in [-0.2, 0) is 11.2 Å². The van der Waals surface area contributed by atoms with Crippen LogP contribution in [0, 0.1) is 5.82 Å². The molecule has 2 nitrogen and oxygen atoms in total. The van der Waals surface area contributed by atoms with Crippen molar-refractivity contribution in [1.29, 1.82) is 0 Å². The highest BCUT2D eigenvalue weighted by Crippen LogP contribution is 2.20. The van der Waals surface area contributed by atoms with Crippen LogP contribution in [0.2, 0.25) is 5.02 Å². The monoisotopic (exact) mass is 273 g/mol. The van der Waals surface area contributed by atoms with Gasteiger partial charge in [-0.15, -0.1) is 0 Å². The van der Waals surface area contributed by atoms with Crippen molar-refractivity contribution in [3.8, 4) is 0 Å². The van der Waals surface area contributed by atoms with Crippen molar-refractivity contribution in [2.45, 2.75) is 38.8 Å². The Balaban J connectivity index is 2.81. The molecule has 0 saturated heterocycles. The van der Waals surface area contributed by atoms with Crippen molar-refractivity contribution in [2.75, 3.05) is 13.7 Å². The molecule has 18 heavy (non-hydrogen) atoms. The quantitative estimate of drug-likeness (QED) is 0.822. The Hall–Kier alpha value is -0.640. The van der Waals surface area contributed by atoms with Crippen LogP contribution in [0.5, 0.6) is 0 Å². The Morgan fingerprint density at radius 3 is 2.67 bits per heavy atom. The highest BCUT2D eigenvalue weighted by molar-refractivity contribution is 6.30. The number of rotatable bonds is 7. The smallest absolute Gasteiger partial charge is 0.145 e. The molecule has 0 aliphatic heterocycles. The second kappa shape index (κ2) is 7.72. The minimum atomic E-state index is -0.328. The van der Waals surface area contributed by atoms with Crippen molar-refractivity contribution in [3.63, 3.8) is 0 Å². The first kappa shape index (κ1) is 15.4. The van der Waals surface area contributed by atoms with Gasteiger partial charge >= 0.3 is 0 Å². The van der Waals surface area contributed by atoms with E-state index in [-0.39, 0.29) is 23.0 Å². The molecule has 2 atom stereocenters. The molecule has 0 amide bonds. The predicted octanol–water partition coefficient (Wildman–Crippen LogP) is 3.42. The standard InChI is InChI=1S/C14H21ClFNO/c1-4-13(18-5-2)12(17-3)9-10-7-6-8-11(15)14(10)16/h6-8,12-13,17H,4-5,9H2,1-3H3. The molecule has 2 unspecified atom stereocenters. The van der Waals surface area contributed by atoms with E-state index in [1.807, 2.05) is 14.0 Å². The molecule has 0 spiro atoms. The molecule has 0 aliphatic rings. The van der Waals surface area contributed by atoms with Crippen molar-refractivity contribution in [3.05, 3.63) is 34.6 Å². The molecule has 102 valence electrons. The van der Waals surface area contributed by atoms with Crippen LogP contribution in [0.25, 0.3) is 0 Å². The lowest BCUT2D eigenvalue weighted by Gasteiger charge is -2.26. The molecule has 0 aliphatic carbocycles. The number of ether oxygens (including phenoxy) is 1. The summed E-state index contributed by atoms with van der Waals surface area (Å²) in [4.78, 5) is 0. The average molecular weight is 274 g/mol. The minimum absolute atomic E-state index is 0.0818. The van der Waals surface area contributed by atoms with Gasteiger partial charge in [-0.3, -0.25) is 0 Å². The van der Waals surface area contributed by atoms with Gasteiger partial charge in [-0.1, -0.05) is 30.7 Å². The van der Waals surface area contributed by atoms with E-state index in [2.05, 4.69) is 12.2 Å². The highest BCUT2D eigenvalue weighted by atomic mass is 35.5. The summed E-state index contributed by atoms with van der Waals surface area (Å²) in [6, 6.07) is 5.19. The topological polar surface area (TPSA) is 21.3 Å². The van der Waals surface area contributed by atoms with E-state index in [0.717, 1.165) is 6.42 Å². The molecule has 0 heterocycles.